The Balaban J connectivity index is 1.64. The second kappa shape index (κ2) is 4.86. The first-order chi connectivity index (χ1) is 8.42. The normalized spacial score (nSPS) is 17.6. The molecular weight excluding hydrogens is 212 g/mol. The standard InChI is InChI=1S/C14H18N2O/c1-2-5-11(6-3-1)8-9-13-16-14-12(17-13)7-4-10-15-14/h4,7,10-11H,1-3,5-6,8-9H2. The molecule has 2 aromatic rings. The number of hydrogen-bond acceptors (Lipinski definition) is 3. The molecule has 0 saturated heterocycles. The first-order valence-electron chi connectivity index (χ1n) is 6.62. The zero-order valence-electron chi connectivity index (χ0n) is 10.1. The number of oxazole rings is 1. The van der Waals surface area contributed by atoms with Gasteiger partial charge in [0.15, 0.2) is 17.1 Å². The van der Waals surface area contributed by atoms with E-state index in [4.69, 9.17) is 4.42 Å². The zero-order chi connectivity index (χ0) is 11.5. The second-order valence-electron chi connectivity index (χ2n) is 4.98. The Morgan fingerprint density at radius 1 is 1.24 bits per heavy atom. The number of nitrogens with zero attached hydrogens (tertiary/aromatic N) is 2. The van der Waals surface area contributed by atoms with Crippen LogP contribution >= 0.6 is 0 Å². The average molecular weight is 230 g/mol. The van der Waals surface area contributed by atoms with Crippen molar-refractivity contribution in [2.75, 3.05) is 0 Å². The van der Waals surface area contributed by atoms with Gasteiger partial charge in [-0.25, -0.2) is 4.98 Å². The molecule has 0 bridgehead atoms. The van der Waals surface area contributed by atoms with Crippen molar-refractivity contribution in [1.29, 1.82) is 0 Å². The van der Waals surface area contributed by atoms with Crippen molar-refractivity contribution >= 4 is 11.2 Å². The van der Waals surface area contributed by atoms with E-state index < -0.39 is 0 Å². The molecule has 1 saturated carbocycles. The minimum atomic E-state index is 0.742. The van der Waals surface area contributed by atoms with E-state index in [1.54, 1.807) is 6.20 Å². The summed E-state index contributed by atoms with van der Waals surface area (Å²) in [6.45, 7) is 0. The third kappa shape index (κ3) is 2.48. The molecule has 1 aliphatic rings. The number of hydrogen-bond donors (Lipinski definition) is 0. The summed E-state index contributed by atoms with van der Waals surface area (Å²) < 4.78 is 5.69. The van der Waals surface area contributed by atoms with Crippen molar-refractivity contribution in [2.24, 2.45) is 5.92 Å². The van der Waals surface area contributed by atoms with Gasteiger partial charge in [0.1, 0.15) is 0 Å². The third-order valence-corrected chi connectivity index (χ3v) is 3.70. The minimum Gasteiger partial charge on any atom is -0.439 e. The average Bonchev–Trinajstić information content (AvgIpc) is 2.80. The molecule has 0 unspecified atom stereocenters. The van der Waals surface area contributed by atoms with Gasteiger partial charge in [-0.1, -0.05) is 32.1 Å². The molecule has 0 spiro atoms. The topological polar surface area (TPSA) is 38.9 Å². The molecule has 3 heteroatoms. The molecule has 0 N–H and O–H groups in total. The Hall–Kier alpha value is -1.38. The largest absolute Gasteiger partial charge is 0.439 e. The monoisotopic (exact) mass is 230 g/mol. The molecular formula is C14H18N2O. The van der Waals surface area contributed by atoms with Crippen molar-refractivity contribution in [1.82, 2.24) is 9.97 Å². The van der Waals surface area contributed by atoms with Crippen molar-refractivity contribution in [2.45, 2.75) is 44.9 Å². The van der Waals surface area contributed by atoms with Crippen LogP contribution in [0, 0.1) is 5.92 Å². The van der Waals surface area contributed by atoms with E-state index >= 15 is 0 Å². The SMILES string of the molecule is c1cnc2nc(CCC3CCCCC3)oc2c1. The van der Waals surface area contributed by atoms with Gasteiger partial charge in [0.05, 0.1) is 0 Å². The van der Waals surface area contributed by atoms with E-state index in [9.17, 15) is 0 Å². The Morgan fingerprint density at radius 3 is 2.94 bits per heavy atom. The van der Waals surface area contributed by atoms with Crippen LogP contribution in [0.2, 0.25) is 0 Å². The van der Waals surface area contributed by atoms with Crippen molar-refractivity contribution in [3.8, 4) is 0 Å². The van der Waals surface area contributed by atoms with Crippen LogP contribution in [0.15, 0.2) is 22.7 Å². The lowest BCUT2D eigenvalue weighted by molar-refractivity contribution is 0.330. The maximum Gasteiger partial charge on any atom is 0.198 e. The summed E-state index contributed by atoms with van der Waals surface area (Å²) in [5.74, 6) is 1.73. The van der Waals surface area contributed by atoms with Crippen LogP contribution in [0.1, 0.15) is 44.4 Å². The summed E-state index contributed by atoms with van der Waals surface area (Å²) in [5, 5.41) is 0. The van der Waals surface area contributed by atoms with E-state index in [1.165, 1.54) is 38.5 Å². The van der Waals surface area contributed by atoms with Crippen LogP contribution in [-0.2, 0) is 6.42 Å². The lowest BCUT2D eigenvalue weighted by Gasteiger charge is -2.20. The molecule has 17 heavy (non-hydrogen) atoms. The second-order valence-corrected chi connectivity index (χ2v) is 4.98. The molecule has 3 nitrogen and oxygen atoms in total. The highest BCUT2D eigenvalue weighted by atomic mass is 16.3. The van der Waals surface area contributed by atoms with Crippen molar-refractivity contribution < 1.29 is 4.42 Å². The molecule has 0 radical (unpaired) electrons. The summed E-state index contributed by atoms with van der Waals surface area (Å²) >= 11 is 0. The van der Waals surface area contributed by atoms with Crippen LogP contribution in [0.5, 0.6) is 0 Å². The summed E-state index contributed by atoms with van der Waals surface area (Å²) in [4.78, 5) is 8.61. The number of rotatable bonds is 3. The van der Waals surface area contributed by atoms with Crippen molar-refractivity contribution in [3.05, 3.63) is 24.2 Å². The number of fused-ring (bicyclic) bond motifs is 1. The van der Waals surface area contributed by atoms with Crippen LogP contribution in [-0.4, -0.2) is 9.97 Å². The van der Waals surface area contributed by atoms with Gasteiger partial charge >= 0.3 is 0 Å². The molecule has 3 rings (SSSR count). The van der Waals surface area contributed by atoms with Gasteiger partial charge < -0.3 is 4.42 Å². The Kier molecular flexibility index (Phi) is 3.08. The maximum atomic E-state index is 5.69. The molecule has 1 aliphatic carbocycles. The van der Waals surface area contributed by atoms with Crippen LogP contribution in [0.3, 0.4) is 0 Å². The van der Waals surface area contributed by atoms with E-state index in [0.29, 0.717) is 0 Å². The highest BCUT2D eigenvalue weighted by Gasteiger charge is 2.15. The van der Waals surface area contributed by atoms with E-state index in [0.717, 1.165) is 29.5 Å². The fraction of sp³-hybridized carbons (Fsp3) is 0.571. The highest BCUT2D eigenvalue weighted by Crippen LogP contribution is 2.27. The van der Waals surface area contributed by atoms with Crippen LogP contribution in [0.4, 0.5) is 0 Å². The summed E-state index contributed by atoms with van der Waals surface area (Å²) in [5.41, 5.74) is 1.55. The van der Waals surface area contributed by atoms with Gasteiger partial charge in [0.2, 0.25) is 0 Å². The Bertz CT molecular complexity index is 453. The highest BCUT2D eigenvalue weighted by molar-refractivity contribution is 5.66. The molecule has 2 heterocycles. The number of aryl methyl sites for hydroxylation is 1. The molecule has 0 amide bonds. The maximum absolute atomic E-state index is 5.69. The predicted octanol–water partition coefficient (Wildman–Crippen LogP) is 3.74. The van der Waals surface area contributed by atoms with Crippen LogP contribution in [0.25, 0.3) is 11.2 Å². The van der Waals surface area contributed by atoms with E-state index in [1.807, 2.05) is 12.1 Å². The van der Waals surface area contributed by atoms with Gasteiger partial charge in [0, 0.05) is 12.6 Å². The molecule has 2 aromatic heterocycles. The zero-order valence-corrected chi connectivity index (χ0v) is 10.1. The first-order valence-corrected chi connectivity index (χ1v) is 6.62. The first kappa shape index (κ1) is 10.8. The number of pyridine rings is 1. The van der Waals surface area contributed by atoms with Crippen LogP contribution < -0.4 is 0 Å². The van der Waals surface area contributed by atoms with E-state index in [2.05, 4.69) is 9.97 Å². The third-order valence-electron chi connectivity index (χ3n) is 3.70. The Morgan fingerprint density at radius 2 is 2.12 bits per heavy atom. The van der Waals surface area contributed by atoms with Gasteiger partial charge in [0.25, 0.3) is 0 Å². The van der Waals surface area contributed by atoms with E-state index in [-0.39, 0.29) is 0 Å². The smallest absolute Gasteiger partial charge is 0.198 e. The summed E-state index contributed by atoms with van der Waals surface area (Å²) in [6.07, 6.45) is 10.9. The molecule has 0 aliphatic heterocycles. The Labute approximate surface area is 101 Å². The lowest BCUT2D eigenvalue weighted by Crippen LogP contribution is -2.07. The fourth-order valence-corrected chi connectivity index (χ4v) is 2.72. The summed E-state index contributed by atoms with van der Waals surface area (Å²) in [7, 11) is 0. The molecule has 0 atom stereocenters. The number of aromatic nitrogens is 2. The van der Waals surface area contributed by atoms with Gasteiger partial charge in [-0.2, -0.15) is 4.98 Å². The predicted molar refractivity (Wildman–Crippen MR) is 66.7 cm³/mol. The van der Waals surface area contributed by atoms with Gasteiger partial charge in [-0.15, -0.1) is 0 Å². The fourth-order valence-electron chi connectivity index (χ4n) is 2.72. The minimum absolute atomic E-state index is 0.742. The molecule has 1 fully saturated rings. The molecule has 90 valence electrons. The van der Waals surface area contributed by atoms with Crippen molar-refractivity contribution in [3.63, 3.8) is 0 Å². The van der Waals surface area contributed by atoms with Gasteiger partial charge in [-0.3, -0.25) is 0 Å². The quantitative estimate of drug-likeness (QED) is 0.806. The van der Waals surface area contributed by atoms with Gasteiger partial charge in [-0.05, 0) is 24.5 Å². The molecule has 0 aromatic carbocycles. The lowest BCUT2D eigenvalue weighted by atomic mass is 9.86. The summed E-state index contributed by atoms with van der Waals surface area (Å²) in [6, 6.07) is 3.82.